The van der Waals surface area contributed by atoms with Crippen LogP contribution < -0.4 is 10.2 Å². The van der Waals surface area contributed by atoms with Crippen molar-refractivity contribution in [3.63, 3.8) is 0 Å². The normalized spacial score (nSPS) is 10.7. The first-order valence-electron chi connectivity index (χ1n) is 8.38. The van der Waals surface area contributed by atoms with Gasteiger partial charge in [0.25, 0.3) is 5.91 Å². The lowest BCUT2D eigenvalue weighted by atomic mass is 10.1. The Morgan fingerprint density at radius 1 is 0.962 bits per heavy atom. The van der Waals surface area contributed by atoms with Gasteiger partial charge < -0.3 is 4.74 Å². The number of aryl methyl sites for hydroxylation is 1. The predicted octanol–water partition coefficient (Wildman–Crippen LogP) is 4.34. The van der Waals surface area contributed by atoms with Gasteiger partial charge in [0.2, 0.25) is 0 Å². The molecular formula is C22H20N2O2. The average Bonchev–Trinajstić information content (AvgIpc) is 2.68. The van der Waals surface area contributed by atoms with Crippen molar-refractivity contribution in [2.75, 3.05) is 0 Å². The number of hydrazone groups is 1. The standard InChI is InChI=1S/C22H20N2O2/c1-17-11-13-19(14-12-17)22(25)24-23-15-20-9-5-6-10-21(20)26-16-18-7-3-2-4-8-18/h2-15H,16H2,1H3,(H,24,25). The van der Waals surface area contributed by atoms with Gasteiger partial charge in [-0.3, -0.25) is 4.79 Å². The first-order valence-corrected chi connectivity index (χ1v) is 8.38. The summed E-state index contributed by atoms with van der Waals surface area (Å²) in [5.41, 5.74) is 6.11. The quantitative estimate of drug-likeness (QED) is 0.534. The molecule has 0 aliphatic rings. The molecule has 0 atom stereocenters. The number of amides is 1. The van der Waals surface area contributed by atoms with Crippen LogP contribution in [0.4, 0.5) is 0 Å². The van der Waals surface area contributed by atoms with Gasteiger partial charge in [-0.05, 0) is 36.8 Å². The molecule has 0 aromatic heterocycles. The topological polar surface area (TPSA) is 50.7 Å². The van der Waals surface area contributed by atoms with Gasteiger partial charge in [0.1, 0.15) is 12.4 Å². The molecule has 3 aromatic carbocycles. The second kappa shape index (κ2) is 8.62. The van der Waals surface area contributed by atoms with E-state index in [9.17, 15) is 4.79 Å². The Bertz CT molecular complexity index is 888. The Balaban J connectivity index is 1.63. The highest BCUT2D eigenvalue weighted by Crippen LogP contribution is 2.17. The van der Waals surface area contributed by atoms with Crippen LogP contribution in [-0.2, 0) is 6.61 Å². The molecule has 0 saturated heterocycles. The van der Waals surface area contributed by atoms with Crippen molar-refractivity contribution >= 4 is 12.1 Å². The van der Waals surface area contributed by atoms with Crippen molar-refractivity contribution in [1.82, 2.24) is 5.43 Å². The first kappa shape index (κ1) is 17.4. The van der Waals surface area contributed by atoms with E-state index in [1.165, 1.54) is 0 Å². The molecule has 0 radical (unpaired) electrons. The van der Waals surface area contributed by atoms with Crippen LogP contribution in [-0.4, -0.2) is 12.1 Å². The average molecular weight is 344 g/mol. The lowest BCUT2D eigenvalue weighted by Gasteiger charge is -2.09. The molecule has 0 aliphatic heterocycles. The number of rotatable bonds is 6. The minimum Gasteiger partial charge on any atom is -0.488 e. The zero-order valence-corrected chi connectivity index (χ0v) is 14.6. The molecule has 26 heavy (non-hydrogen) atoms. The van der Waals surface area contributed by atoms with E-state index in [2.05, 4.69) is 10.5 Å². The highest BCUT2D eigenvalue weighted by Gasteiger charge is 2.04. The number of hydrogen-bond acceptors (Lipinski definition) is 3. The van der Waals surface area contributed by atoms with Crippen molar-refractivity contribution in [3.05, 3.63) is 101 Å². The van der Waals surface area contributed by atoms with Crippen molar-refractivity contribution in [1.29, 1.82) is 0 Å². The SMILES string of the molecule is Cc1ccc(C(=O)NN=Cc2ccccc2OCc2ccccc2)cc1. The zero-order chi connectivity index (χ0) is 18.2. The summed E-state index contributed by atoms with van der Waals surface area (Å²) in [5.74, 6) is 0.466. The van der Waals surface area contributed by atoms with Crippen molar-refractivity contribution in [2.45, 2.75) is 13.5 Å². The summed E-state index contributed by atoms with van der Waals surface area (Å²) >= 11 is 0. The van der Waals surface area contributed by atoms with Crippen LogP contribution in [0, 0.1) is 6.92 Å². The minimum absolute atomic E-state index is 0.246. The summed E-state index contributed by atoms with van der Waals surface area (Å²) in [6.07, 6.45) is 1.59. The molecule has 1 amide bonds. The van der Waals surface area contributed by atoms with Crippen molar-refractivity contribution in [2.24, 2.45) is 5.10 Å². The van der Waals surface area contributed by atoms with Crippen molar-refractivity contribution < 1.29 is 9.53 Å². The van der Waals surface area contributed by atoms with Crippen LogP contribution in [0.5, 0.6) is 5.75 Å². The van der Waals surface area contributed by atoms with E-state index in [4.69, 9.17) is 4.74 Å². The maximum atomic E-state index is 12.1. The number of nitrogens with one attached hydrogen (secondary N) is 1. The third-order valence-electron chi connectivity index (χ3n) is 3.84. The molecule has 4 heteroatoms. The molecule has 0 spiro atoms. The fourth-order valence-electron chi connectivity index (χ4n) is 2.38. The zero-order valence-electron chi connectivity index (χ0n) is 14.6. The van der Waals surface area contributed by atoms with E-state index < -0.39 is 0 Å². The van der Waals surface area contributed by atoms with Gasteiger partial charge in [-0.2, -0.15) is 5.10 Å². The van der Waals surface area contributed by atoms with Crippen LogP contribution in [0.3, 0.4) is 0 Å². The number of ether oxygens (including phenoxy) is 1. The van der Waals surface area contributed by atoms with Crippen LogP contribution in [0.2, 0.25) is 0 Å². The summed E-state index contributed by atoms with van der Waals surface area (Å²) in [5, 5.41) is 4.05. The van der Waals surface area contributed by atoms with E-state index >= 15 is 0 Å². The summed E-state index contributed by atoms with van der Waals surface area (Å²) in [4.78, 5) is 12.1. The van der Waals surface area contributed by atoms with Crippen molar-refractivity contribution in [3.8, 4) is 5.75 Å². The fourth-order valence-corrected chi connectivity index (χ4v) is 2.38. The molecule has 0 aliphatic carbocycles. The van der Waals surface area contributed by atoms with Crippen LogP contribution in [0.25, 0.3) is 0 Å². The maximum absolute atomic E-state index is 12.1. The van der Waals surface area contributed by atoms with Crippen LogP contribution in [0.1, 0.15) is 27.0 Å². The lowest BCUT2D eigenvalue weighted by molar-refractivity contribution is 0.0955. The molecule has 130 valence electrons. The third kappa shape index (κ3) is 4.80. The Hall–Kier alpha value is -3.40. The Morgan fingerprint density at radius 2 is 1.65 bits per heavy atom. The Morgan fingerprint density at radius 3 is 2.42 bits per heavy atom. The fraction of sp³-hybridized carbons (Fsp3) is 0.0909. The molecule has 4 nitrogen and oxygen atoms in total. The summed E-state index contributed by atoms with van der Waals surface area (Å²) < 4.78 is 5.87. The minimum atomic E-state index is -0.246. The first-order chi connectivity index (χ1) is 12.7. The van der Waals surface area contributed by atoms with Gasteiger partial charge >= 0.3 is 0 Å². The summed E-state index contributed by atoms with van der Waals surface area (Å²) in [7, 11) is 0. The number of benzene rings is 3. The highest BCUT2D eigenvalue weighted by molar-refractivity contribution is 5.95. The molecule has 3 aromatic rings. The second-order valence-corrected chi connectivity index (χ2v) is 5.88. The van der Waals surface area contributed by atoms with Gasteiger partial charge in [-0.15, -0.1) is 0 Å². The van der Waals surface area contributed by atoms with E-state index in [0.717, 1.165) is 16.7 Å². The van der Waals surface area contributed by atoms with E-state index in [0.29, 0.717) is 17.9 Å². The molecule has 0 heterocycles. The summed E-state index contributed by atoms with van der Waals surface area (Å²) in [6, 6.07) is 24.9. The van der Waals surface area contributed by atoms with E-state index in [-0.39, 0.29) is 5.91 Å². The number of nitrogens with zero attached hydrogens (tertiary/aromatic N) is 1. The van der Waals surface area contributed by atoms with Gasteiger partial charge in [0.15, 0.2) is 0 Å². The summed E-state index contributed by atoms with van der Waals surface area (Å²) in [6.45, 7) is 2.45. The monoisotopic (exact) mass is 344 g/mol. The Kier molecular flexibility index (Phi) is 5.78. The number of para-hydroxylation sites is 1. The molecule has 0 fully saturated rings. The molecule has 3 rings (SSSR count). The van der Waals surface area contributed by atoms with Gasteiger partial charge in [0.05, 0.1) is 6.21 Å². The molecular weight excluding hydrogens is 324 g/mol. The number of hydrogen-bond donors (Lipinski definition) is 1. The van der Waals surface area contributed by atoms with Gasteiger partial charge in [-0.25, -0.2) is 5.43 Å². The number of carbonyl (C=O) groups is 1. The molecule has 0 unspecified atom stereocenters. The van der Waals surface area contributed by atoms with Crippen LogP contribution >= 0.6 is 0 Å². The number of carbonyl (C=O) groups excluding carboxylic acids is 1. The Labute approximate surface area is 153 Å². The molecule has 0 saturated carbocycles. The second-order valence-electron chi connectivity index (χ2n) is 5.88. The lowest BCUT2D eigenvalue weighted by Crippen LogP contribution is -2.17. The van der Waals surface area contributed by atoms with Gasteiger partial charge in [0, 0.05) is 11.1 Å². The van der Waals surface area contributed by atoms with Gasteiger partial charge in [-0.1, -0.05) is 60.2 Å². The highest BCUT2D eigenvalue weighted by atomic mass is 16.5. The van der Waals surface area contributed by atoms with Crippen LogP contribution in [0.15, 0.2) is 84.0 Å². The smallest absolute Gasteiger partial charge is 0.271 e. The third-order valence-corrected chi connectivity index (χ3v) is 3.84. The van der Waals surface area contributed by atoms with E-state index in [1.54, 1.807) is 18.3 Å². The molecule has 1 N–H and O–H groups in total. The molecule has 0 bridgehead atoms. The largest absolute Gasteiger partial charge is 0.488 e. The van der Waals surface area contributed by atoms with E-state index in [1.807, 2.05) is 73.7 Å². The predicted molar refractivity (Wildman–Crippen MR) is 103 cm³/mol. The maximum Gasteiger partial charge on any atom is 0.271 e.